The lowest BCUT2D eigenvalue weighted by Gasteiger charge is -2.36. The van der Waals surface area contributed by atoms with E-state index < -0.39 is 0 Å². The number of hydrogen-bond acceptors (Lipinski definition) is 5. The molecule has 2 atom stereocenters. The van der Waals surface area contributed by atoms with E-state index in [9.17, 15) is 9.59 Å². The molecule has 194 valence electrons. The van der Waals surface area contributed by atoms with Crippen LogP contribution in [0.4, 0.5) is 5.69 Å². The largest absolute Gasteiger partial charge is 0.372 e. The van der Waals surface area contributed by atoms with Crippen molar-refractivity contribution in [3.05, 3.63) is 45.2 Å². The summed E-state index contributed by atoms with van der Waals surface area (Å²) in [5, 5.41) is 5.51. The van der Waals surface area contributed by atoms with Crippen molar-refractivity contribution in [2.45, 2.75) is 65.7 Å². The van der Waals surface area contributed by atoms with Crippen molar-refractivity contribution in [3.8, 4) is 0 Å². The van der Waals surface area contributed by atoms with Gasteiger partial charge in [0.25, 0.3) is 5.91 Å². The monoisotopic (exact) mass is 513 g/mol. The van der Waals surface area contributed by atoms with E-state index in [2.05, 4.69) is 17.0 Å². The average Bonchev–Trinajstić information content (AvgIpc) is 3.45. The van der Waals surface area contributed by atoms with E-state index in [1.807, 2.05) is 37.5 Å². The highest BCUT2D eigenvalue weighted by Crippen LogP contribution is 2.29. The SMILES string of the molecule is Cc1cc(N2CCN(C(=O)Cn3nc(C(=O)N4C[C@@H](C)O[C@@H](C)C4)c4c3CCC4)CC2)cc(C)c1Cl. The standard InChI is InChI=1S/C27H36ClN5O3/c1-17-12-21(13-18(2)25(17)28)30-8-10-31(11-9-30)24(34)16-33-23-7-5-6-22(23)26(29-33)27(35)32-14-19(3)36-20(4)15-32/h12-13,19-20H,5-11,14-16H2,1-4H3/t19-,20+. The smallest absolute Gasteiger partial charge is 0.274 e. The van der Waals surface area contributed by atoms with Gasteiger partial charge in [-0.3, -0.25) is 14.3 Å². The first-order valence-electron chi connectivity index (χ1n) is 13.0. The van der Waals surface area contributed by atoms with Crippen LogP contribution in [0.5, 0.6) is 0 Å². The second-order valence-electron chi connectivity index (χ2n) is 10.5. The van der Waals surface area contributed by atoms with Gasteiger partial charge in [0.2, 0.25) is 5.91 Å². The summed E-state index contributed by atoms with van der Waals surface area (Å²) in [5.74, 6) is 0.0199. The van der Waals surface area contributed by atoms with Crippen LogP contribution < -0.4 is 4.90 Å². The van der Waals surface area contributed by atoms with E-state index in [-0.39, 0.29) is 30.6 Å². The molecule has 3 heterocycles. The number of carbonyl (C=O) groups is 2. The first-order chi connectivity index (χ1) is 17.2. The highest BCUT2D eigenvalue weighted by Gasteiger charge is 2.33. The van der Waals surface area contributed by atoms with Crippen molar-refractivity contribution >= 4 is 29.1 Å². The molecule has 1 aromatic carbocycles. The first kappa shape index (κ1) is 25.1. The van der Waals surface area contributed by atoms with Crippen LogP contribution in [-0.2, 0) is 28.9 Å². The predicted octanol–water partition coefficient (Wildman–Crippen LogP) is 3.24. The van der Waals surface area contributed by atoms with Crippen LogP contribution in [0.1, 0.15) is 53.1 Å². The number of anilines is 1. The summed E-state index contributed by atoms with van der Waals surface area (Å²) in [7, 11) is 0. The average molecular weight is 514 g/mol. The van der Waals surface area contributed by atoms with Gasteiger partial charge in [0.05, 0.1) is 12.2 Å². The topological polar surface area (TPSA) is 70.9 Å². The highest BCUT2D eigenvalue weighted by atomic mass is 35.5. The second kappa shape index (κ2) is 10.1. The molecule has 5 rings (SSSR count). The maximum absolute atomic E-state index is 13.4. The molecule has 8 nitrogen and oxygen atoms in total. The Bertz CT molecular complexity index is 1140. The quantitative estimate of drug-likeness (QED) is 0.627. The molecule has 2 amide bonds. The summed E-state index contributed by atoms with van der Waals surface area (Å²) in [6, 6.07) is 4.24. The third-order valence-electron chi connectivity index (χ3n) is 7.62. The third-order valence-corrected chi connectivity index (χ3v) is 8.22. The first-order valence-corrected chi connectivity index (χ1v) is 13.4. The van der Waals surface area contributed by atoms with E-state index in [1.165, 1.54) is 0 Å². The van der Waals surface area contributed by atoms with Crippen molar-refractivity contribution < 1.29 is 14.3 Å². The molecule has 0 saturated carbocycles. The Morgan fingerprint density at radius 2 is 1.64 bits per heavy atom. The van der Waals surface area contributed by atoms with Crippen LogP contribution in [-0.4, -0.2) is 82.9 Å². The number of morpholine rings is 1. The van der Waals surface area contributed by atoms with Gasteiger partial charge in [0, 0.05) is 61.2 Å². The van der Waals surface area contributed by atoms with Crippen LogP contribution in [0.25, 0.3) is 0 Å². The van der Waals surface area contributed by atoms with Gasteiger partial charge in [-0.1, -0.05) is 11.6 Å². The zero-order valence-corrected chi connectivity index (χ0v) is 22.5. The number of ether oxygens (including phenoxy) is 1. The van der Waals surface area contributed by atoms with E-state index in [0.29, 0.717) is 31.9 Å². The van der Waals surface area contributed by atoms with Crippen LogP contribution in [0, 0.1) is 13.8 Å². The Labute approximate surface area is 218 Å². The molecule has 0 radical (unpaired) electrons. The van der Waals surface area contributed by atoms with Gasteiger partial charge in [-0.05, 0) is 70.2 Å². The summed E-state index contributed by atoms with van der Waals surface area (Å²) in [6.45, 7) is 12.3. The number of fused-ring (bicyclic) bond motifs is 1. The molecular weight excluding hydrogens is 478 g/mol. The number of benzene rings is 1. The van der Waals surface area contributed by atoms with Gasteiger partial charge in [-0.15, -0.1) is 0 Å². The Balaban J connectivity index is 1.25. The minimum absolute atomic E-state index is 0.00813. The van der Waals surface area contributed by atoms with Crippen molar-refractivity contribution in [1.82, 2.24) is 19.6 Å². The fourth-order valence-corrected chi connectivity index (χ4v) is 5.96. The van der Waals surface area contributed by atoms with Crippen LogP contribution in [0.2, 0.25) is 5.02 Å². The molecule has 1 aromatic heterocycles. The number of hydrogen-bond donors (Lipinski definition) is 0. The minimum Gasteiger partial charge on any atom is -0.372 e. The number of aryl methyl sites for hydroxylation is 2. The number of amides is 2. The zero-order chi connectivity index (χ0) is 25.6. The molecule has 0 N–H and O–H groups in total. The van der Waals surface area contributed by atoms with E-state index in [4.69, 9.17) is 21.4 Å². The summed E-state index contributed by atoms with van der Waals surface area (Å²) in [5.41, 5.74) is 5.90. The summed E-state index contributed by atoms with van der Waals surface area (Å²) < 4.78 is 7.59. The van der Waals surface area contributed by atoms with Crippen molar-refractivity contribution in [2.75, 3.05) is 44.2 Å². The Hall–Kier alpha value is -2.58. The van der Waals surface area contributed by atoms with Crippen molar-refractivity contribution in [3.63, 3.8) is 0 Å². The second-order valence-corrected chi connectivity index (χ2v) is 10.9. The van der Waals surface area contributed by atoms with E-state index in [0.717, 1.165) is 65.4 Å². The Morgan fingerprint density at radius 1 is 1.00 bits per heavy atom. The van der Waals surface area contributed by atoms with Gasteiger partial charge in [-0.25, -0.2) is 0 Å². The fraction of sp³-hybridized carbons (Fsp3) is 0.593. The number of nitrogens with zero attached hydrogens (tertiary/aromatic N) is 5. The molecule has 0 unspecified atom stereocenters. The predicted molar refractivity (Wildman–Crippen MR) is 140 cm³/mol. The number of halogens is 1. The molecule has 3 aliphatic rings. The summed E-state index contributed by atoms with van der Waals surface area (Å²) >= 11 is 6.34. The highest BCUT2D eigenvalue weighted by molar-refractivity contribution is 6.32. The van der Waals surface area contributed by atoms with Crippen LogP contribution in [0.15, 0.2) is 12.1 Å². The normalized spacial score (nSPS) is 22.2. The summed E-state index contributed by atoms with van der Waals surface area (Å²) in [6.07, 6.45) is 2.72. The lowest BCUT2D eigenvalue weighted by atomic mass is 10.1. The zero-order valence-electron chi connectivity index (χ0n) is 21.7. The lowest BCUT2D eigenvalue weighted by Crippen LogP contribution is -2.49. The number of carbonyl (C=O) groups excluding carboxylic acids is 2. The van der Waals surface area contributed by atoms with Crippen molar-refractivity contribution in [2.24, 2.45) is 0 Å². The molecule has 9 heteroatoms. The third kappa shape index (κ3) is 4.85. The van der Waals surface area contributed by atoms with Gasteiger partial charge in [0.1, 0.15) is 6.54 Å². The molecule has 0 spiro atoms. The molecule has 2 aliphatic heterocycles. The molecule has 2 saturated heterocycles. The molecule has 1 aliphatic carbocycles. The van der Waals surface area contributed by atoms with Gasteiger partial charge >= 0.3 is 0 Å². The van der Waals surface area contributed by atoms with Crippen LogP contribution in [0.3, 0.4) is 0 Å². The van der Waals surface area contributed by atoms with Crippen LogP contribution >= 0.6 is 11.6 Å². The number of piperazine rings is 1. The fourth-order valence-electron chi connectivity index (χ4n) is 5.85. The Kier molecular flexibility index (Phi) is 7.01. The van der Waals surface area contributed by atoms with Gasteiger partial charge < -0.3 is 19.4 Å². The summed E-state index contributed by atoms with van der Waals surface area (Å²) in [4.78, 5) is 32.7. The number of rotatable bonds is 4. The molecule has 0 bridgehead atoms. The molecule has 2 fully saturated rings. The maximum atomic E-state index is 13.4. The van der Waals surface area contributed by atoms with Gasteiger partial charge in [-0.2, -0.15) is 5.10 Å². The van der Waals surface area contributed by atoms with E-state index in [1.54, 1.807) is 4.68 Å². The molecular formula is C27H36ClN5O3. The lowest BCUT2D eigenvalue weighted by molar-refractivity contribution is -0.132. The molecule has 2 aromatic rings. The minimum atomic E-state index is -0.0384. The van der Waals surface area contributed by atoms with Gasteiger partial charge in [0.15, 0.2) is 5.69 Å². The van der Waals surface area contributed by atoms with E-state index >= 15 is 0 Å². The number of aromatic nitrogens is 2. The van der Waals surface area contributed by atoms with Crippen molar-refractivity contribution in [1.29, 1.82) is 0 Å². The maximum Gasteiger partial charge on any atom is 0.274 e. The Morgan fingerprint density at radius 3 is 2.28 bits per heavy atom. The molecule has 36 heavy (non-hydrogen) atoms.